The van der Waals surface area contributed by atoms with E-state index in [0.717, 1.165) is 17.7 Å². The van der Waals surface area contributed by atoms with E-state index in [0.29, 0.717) is 18.7 Å². The van der Waals surface area contributed by atoms with E-state index in [1.165, 1.54) is 25.1 Å². The minimum atomic E-state index is -3.89. The normalized spacial score (nSPS) is 15.4. The highest BCUT2D eigenvalue weighted by Crippen LogP contribution is 2.27. The monoisotopic (exact) mass is 435 g/mol. The third-order valence-electron chi connectivity index (χ3n) is 4.66. The first kappa shape index (κ1) is 21.3. The summed E-state index contributed by atoms with van der Waals surface area (Å²) in [7, 11) is -3.89. The first-order valence-corrected chi connectivity index (χ1v) is 11.0. The second kappa shape index (κ2) is 8.52. The number of carbonyl (C=O) groups excluding carboxylic acids is 2. The van der Waals surface area contributed by atoms with Gasteiger partial charge in [0.05, 0.1) is 10.9 Å². The van der Waals surface area contributed by atoms with Crippen molar-refractivity contribution in [3.8, 4) is 0 Å². The predicted octanol–water partition coefficient (Wildman–Crippen LogP) is 3.08. The van der Waals surface area contributed by atoms with E-state index in [4.69, 9.17) is 11.6 Å². The number of hydrogen-bond donors (Lipinski definition) is 2. The number of hydrogen-bond acceptors (Lipinski definition) is 4. The molecule has 9 heteroatoms. The molecule has 2 aromatic carbocycles. The van der Waals surface area contributed by atoms with Crippen molar-refractivity contribution >= 4 is 44.8 Å². The highest BCUT2D eigenvalue weighted by atomic mass is 35.5. The van der Waals surface area contributed by atoms with Crippen LogP contribution in [0.25, 0.3) is 0 Å². The third kappa shape index (κ3) is 4.95. The first-order chi connectivity index (χ1) is 13.7. The van der Waals surface area contributed by atoms with Crippen molar-refractivity contribution < 1.29 is 18.0 Å². The first-order valence-electron chi connectivity index (χ1n) is 9.17. The van der Waals surface area contributed by atoms with Crippen LogP contribution in [0.1, 0.15) is 25.3 Å². The number of benzene rings is 2. The fourth-order valence-electron chi connectivity index (χ4n) is 3.18. The Morgan fingerprint density at radius 2 is 1.97 bits per heavy atom. The summed E-state index contributed by atoms with van der Waals surface area (Å²) in [6, 6.07) is 10.1. The Balaban J connectivity index is 1.68. The molecule has 0 aliphatic carbocycles. The minimum Gasteiger partial charge on any atom is -0.325 e. The van der Waals surface area contributed by atoms with Crippen LogP contribution in [0.2, 0.25) is 5.02 Å². The smallest absolute Gasteiger partial charge is 0.242 e. The van der Waals surface area contributed by atoms with Crippen LogP contribution in [0.5, 0.6) is 0 Å². The van der Waals surface area contributed by atoms with Crippen LogP contribution >= 0.6 is 11.6 Å². The summed E-state index contributed by atoms with van der Waals surface area (Å²) in [5.41, 5.74) is 2.20. The Bertz CT molecular complexity index is 1060. The molecule has 0 unspecified atom stereocenters. The highest BCUT2D eigenvalue weighted by molar-refractivity contribution is 7.89. The molecule has 7 nitrogen and oxygen atoms in total. The molecule has 154 valence electrons. The van der Waals surface area contributed by atoms with Gasteiger partial charge in [-0.1, -0.05) is 17.7 Å². The summed E-state index contributed by atoms with van der Waals surface area (Å²) in [5, 5.41) is 2.99. The molecule has 1 heterocycles. The number of halogens is 1. The van der Waals surface area contributed by atoms with Gasteiger partial charge in [0.15, 0.2) is 0 Å². The lowest BCUT2D eigenvalue weighted by molar-refractivity contribution is -0.118. The van der Waals surface area contributed by atoms with Gasteiger partial charge >= 0.3 is 0 Å². The zero-order valence-electron chi connectivity index (χ0n) is 16.1. The lowest BCUT2D eigenvalue weighted by atomic mass is 10.1. The molecule has 2 amide bonds. The van der Waals surface area contributed by atoms with Gasteiger partial charge in [-0.15, -0.1) is 0 Å². The molecule has 1 saturated heterocycles. The van der Waals surface area contributed by atoms with E-state index in [2.05, 4.69) is 10.0 Å². The van der Waals surface area contributed by atoms with Gasteiger partial charge in [-0.25, -0.2) is 8.42 Å². The fourth-order valence-corrected chi connectivity index (χ4v) is 4.68. The SMILES string of the molecule is Cc1cc(NC(=O)[C@@H](C)NS(=O)(=O)c2cccc(Cl)c2)ccc1N1CCCC1=O. The number of aryl methyl sites for hydroxylation is 1. The Kier molecular flexibility index (Phi) is 6.26. The summed E-state index contributed by atoms with van der Waals surface area (Å²) >= 11 is 5.84. The molecule has 0 saturated carbocycles. The summed E-state index contributed by atoms with van der Waals surface area (Å²) in [6.45, 7) is 4.01. The minimum absolute atomic E-state index is 0.0138. The van der Waals surface area contributed by atoms with Crippen LogP contribution in [-0.4, -0.2) is 32.8 Å². The second-order valence-corrected chi connectivity index (χ2v) is 9.09. The lowest BCUT2D eigenvalue weighted by Gasteiger charge is -2.20. The molecule has 1 aliphatic heterocycles. The largest absolute Gasteiger partial charge is 0.325 e. The number of carbonyl (C=O) groups is 2. The molecule has 1 fully saturated rings. The van der Waals surface area contributed by atoms with E-state index in [1.807, 2.05) is 6.92 Å². The Labute approximate surface area is 175 Å². The van der Waals surface area contributed by atoms with Crippen LogP contribution in [0, 0.1) is 6.92 Å². The van der Waals surface area contributed by atoms with Gasteiger partial charge in [0, 0.05) is 29.4 Å². The standard InChI is InChI=1S/C20H22ClN3O4S/c1-13-11-16(8-9-18(13)24-10-4-7-19(24)25)22-20(26)14(2)23-29(27,28)17-6-3-5-15(21)12-17/h3,5-6,8-9,11-12,14,23H,4,7,10H2,1-2H3,(H,22,26)/t14-/m1/s1. The van der Waals surface area contributed by atoms with E-state index >= 15 is 0 Å². The molecule has 3 rings (SSSR count). The van der Waals surface area contributed by atoms with Gasteiger partial charge in [0.2, 0.25) is 21.8 Å². The fraction of sp³-hybridized carbons (Fsp3) is 0.300. The summed E-state index contributed by atoms with van der Waals surface area (Å²) in [5.74, 6) is -0.408. The van der Waals surface area contributed by atoms with Crippen molar-refractivity contribution in [2.24, 2.45) is 0 Å². The van der Waals surface area contributed by atoms with Crippen molar-refractivity contribution in [1.82, 2.24) is 4.72 Å². The molecule has 0 spiro atoms. The quantitative estimate of drug-likeness (QED) is 0.728. The van der Waals surface area contributed by atoms with Gasteiger partial charge in [0.25, 0.3) is 0 Å². The average Bonchev–Trinajstić information content (AvgIpc) is 3.07. The van der Waals surface area contributed by atoms with Crippen LogP contribution in [0.3, 0.4) is 0 Å². The summed E-state index contributed by atoms with van der Waals surface area (Å²) in [6.07, 6.45) is 1.38. The molecule has 2 N–H and O–H groups in total. The number of amides is 2. The molecule has 1 aliphatic rings. The van der Waals surface area contributed by atoms with Crippen molar-refractivity contribution in [3.63, 3.8) is 0 Å². The zero-order chi connectivity index (χ0) is 21.2. The lowest BCUT2D eigenvalue weighted by Crippen LogP contribution is -2.41. The Morgan fingerprint density at radius 3 is 2.59 bits per heavy atom. The number of nitrogens with zero attached hydrogens (tertiary/aromatic N) is 1. The van der Waals surface area contributed by atoms with E-state index in [-0.39, 0.29) is 15.8 Å². The van der Waals surface area contributed by atoms with Crippen LogP contribution < -0.4 is 14.9 Å². The molecule has 0 bridgehead atoms. The zero-order valence-corrected chi connectivity index (χ0v) is 17.7. The maximum atomic E-state index is 12.5. The molecule has 0 aromatic heterocycles. The Morgan fingerprint density at radius 1 is 1.21 bits per heavy atom. The van der Waals surface area contributed by atoms with Crippen molar-refractivity contribution in [2.45, 2.75) is 37.6 Å². The molecule has 29 heavy (non-hydrogen) atoms. The second-order valence-electron chi connectivity index (χ2n) is 6.94. The number of nitrogens with one attached hydrogen (secondary N) is 2. The summed E-state index contributed by atoms with van der Waals surface area (Å²) < 4.78 is 27.2. The molecular formula is C20H22ClN3O4S. The van der Waals surface area contributed by atoms with E-state index < -0.39 is 22.0 Å². The predicted molar refractivity (Wildman–Crippen MR) is 113 cm³/mol. The van der Waals surface area contributed by atoms with E-state index in [9.17, 15) is 18.0 Å². The van der Waals surface area contributed by atoms with Gasteiger partial charge in [-0.05, 0) is 62.2 Å². The number of anilines is 2. The molecule has 1 atom stereocenters. The van der Waals surface area contributed by atoms with Crippen LogP contribution in [0.4, 0.5) is 11.4 Å². The van der Waals surface area contributed by atoms with Crippen molar-refractivity contribution in [1.29, 1.82) is 0 Å². The topological polar surface area (TPSA) is 95.6 Å². The Hall–Kier alpha value is -2.42. The van der Waals surface area contributed by atoms with Crippen molar-refractivity contribution in [3.05, 3.63) is 53.1 Å². The maximum Gasteiger partial charge on any atom is 0.242 e. The van der Waals surface area contributed by atoms with Gasteiger partial charge < -0.3 is 10.2 Å². The van der Waals surface area contributed by atoms with Crippen LogP contribution in [0.15, 0.2) is 47.4 Å². The maximum absolute atomic E-state index is 12.5. The molecule has 0 radical (unpaired) electrons. The summed E-state index contributed by atoms with van der Waals surface area (Å²) in [4.78, 5) is 26.1. The van der Waals surface area contributed by atoms with Crippen molar-refractivity contribution in [2.75, 3.05) is 16.8 Å². The highest BCUT2D eigenvalue weighted by Gasteiger charge is 2.24. The number of sulfonamides is 1. The van der Waals surface area contributed by atoms with Gasteiger partial charge in [-0.3, -0.25) is 9.59 Å². The van der Waals surface area contributed by atoms with E-state index in [1.54, 1.807) is 29.2 Å². The van der Waals surface area contributed by atoms with Crippen LogP contribution in [-0.2, 0) is 19.6 Å². The molecular weight excluding hydrogens is 414 g/mol. The average molecular weight is 436 g/mol. The van der Waals surface area contributed by atoms with Gasteiger partial charge in [-0.2, -0.15) is 4.72 Å². The third-order valence-corrected chi connectivity index (χ3v) is 6.43. The molecule has 2 aromatic rings. The van der Waals surface area contributed by atoms with Gasteiger partial charge in [0.1, 0.15) is 0 Å². The number of rotatable bonds is 6.